The van der Waals surface area contributed by atoms with Crippen molar-refractivity contribution in [3.05, 3.63) is 143 Å². The number of nitrogens with zero attached hydrogens (tertiary/aromatic N) is 1. The van der Waals surface area contributed by atoms with Crippen molar-refractivity contribution in [1.29, 1.82) is 0 Å². The molecule has 0 aliphatic heterocycles. The highest BCUT2D eigenvalue weighted by molar-refractivity contribution is 7.26. The molecule has 0 atom stereocenters. The van der Waals surface area contributed by atoms with Gasteiger partial charge in [0.15, 0.2) is 0 Å². The molecule has 1 nitrogen and oxygen atoms in total. The van der Waals surface area contributed by atoms with Gasteiger partial charge in [0.25, 0.3) is 0 Å². The lowest BCUT2D eigenvalue weighted by Gasteiger charge is -2.25. The van der Waals surface area contributed by atoms with Gasteiger partial charge in [0.05, 0.1) is 11.0 Å². The monoisotopic (exact) mass is 597 g/mol. The van der Waals surface area contributed by atoms with Crippen molar-refractivity contribution < 1.29 is 0 Å². The highest BCUT2D eigenvalue weighted by Crippen LogP contribution is 2.43. The number of hydrogen-bond donors (Lipinski definition) is 0. The smallest absolute Gasteiger partial charge is 0.242 e. The minimum atomic E-state index is 0.163. The van der Waals surface area contributed by atoms with Gasteiger partial charge in [0.1, 0.15) is 0 Å². The SMILES string of the molecule is Cc1cc(C)c(B(c2ccc(-n3c4ccccc4c4c5sc6ccccc6c5ccc43)cc2)c2c(C)cc(C)cc2C)c(C)c1. The Morgan fingerprint density at radius 2 is 1.07 bits per heavy atom. The zero-order chi connectivity index (χ0) is 31.0. The number of benzene rings is 6. The van der Waals surface area contributed by atoms with E-state index in [9.17, 15) is 0 Å². The van der Waals surface area contributed by atoms with Gasteiger partial charge in [-0.1, -0.05) is 129 Å². The summed E-state index contributed by atoms with van der Waals surface area (Å²) < 4.78 is 5.17. The fraction of sp³-hybridized carbons (Fsp3) is 0.143. The molecular formula is C42H36BNS. The third kappa shape index (κ3) is 4.36. The number of thiophene rings is 1. The molecule has 2 heterocycles. The van der Waals surface area contributed by atoms with Crippen molar-refractivity contribution >= 4 is 76.4 Å². The van der Waals surface area contributed by atoms with Crippen LogP contribution in [0.15, 0.2) is 109 Å². The van der Waals surface area contributed by atoms with Crippen LogP contribution in [0.1, 0.15) is 33.4 Å². The normalized spacial score (nSPS) is 11.8. The molecule has 2 aromatic heterocycles. The second kappa shape index (κ2) is 10.5. The summed E-state index contributed by atoms with van der Waals surface area (Å²) in [7, 11) is 0. The molecule has 8 rings (SSSR count). The molecule has 218 valence electrons. The summed E-state index contributed by atoms with van der Waals surface area (Å²) in [6, 6.07) is 41.1. The van der Waals surface area contributed by atoms with Crippen LogP contribution in [0.2, 0.25) is 0 Å². The molecule has 45 heavy (non-hydrogen) atoms. The maximum absolute atomic E-state index is 2.46. The van der Waals surface area contributed by atoms with E-state index in [1.807, 2.05) is 11.3 Å². The fourth-order valence-electron chi connectivity index (χ4n) is 8.10. The highest BCUT2D eigenvalue weighted by Gasteiger charge is 2.28. The van der Waals surface area contributed by atoms with Gasteiger partial charge in [-0.2, -0.15) is 0 Å². The lowest BCUT2D eigenvalue weighted by atomic mass is 9.34. The topological polar surface area (TPSA) is 4.93 Å². The van der Waals surface area contributed by atoms with E-state index in [1.54, 1.807) is 0 Å². The summed E-state index contributed by atoms with van der Waals surface area (Å²) in [4.78, 5) is 0. The third-order valence-corrected chi connectivity index (χ3v) is 10.9. The maximum Gasteiger partial charge on any atom is 0.242 e. The van der Waals surface area contributed by atoms with E-state index in [1.165, 1.54) is 97.4 Å². The molecule has 0 saturated carbocycles. The van der Waals surface area contributed by atoms with E-state index in [0.29, 0.717) is 0 Å². The molecule has 3 heteroatoms. The molecule has 0 radical (unpaired) electrons. The molecule has 6 aromatic carbocycles. The minimum Gasteiger partial charge on any atom is -0.309 e. The first kappa shape index (κ1) is 27.9. The molecule has 0 N–H and O–H groups in total. The Labute approximate surface area is 269 Å². The second-order valence-corrected chi connectivity index (χ2v) is 14.0. The van der Waals surface area contributed by atoms with Gasteiger partial charge in [-0.3, -0.25) is 0 Å². The number of aryl methyl sites for hydroxylation is 6. The summed E-state index contributed by atoms with van der Waals surface area (Å²) in [5, 5.41) is 5.35. The summed E-state index contributed by atoms with van der Waals surface area (Å²) in [5.74, 6) is 0. The number of fused-ring (bicyclic) bond motifs is 7. The molecule has 0 amide bonds. The Balaban J connectivity index is 1.35. The standard InChI is InChI=1S/C42H36BNS/c1-25-21-27(3)40(28(4)22-25)43(41-29(5)23-26(2)24-30(41)6)31-15-17-32(18-16-31)44-36-13-9-7-12-35(36)39-37(44)20-19-34-33-11-8-10-14-38(33)45-42(34)39/h7-24H,1-6H3. The molecule has 8 aromatic rings. The highest BCUT2D eigenvalue weighted by atomic mass is 32.1. The maximum atomic E-state index is 2.46. The van der Waals surface area contributed by atoms with Crippen molar-refractivity contribution in [3.63, 3.8) is 0 Å². The largest absolute Gasteiger partial charge is 0.309 e. The van der Waals surface area contributed by atoms with Crippen LogP contribution in [0.5, 0.6) is 0 Å². The van der Waals surface area contributed by atoms with E-state index in [0.717, 1.165) is 0 Å². The second-order valence-electron chi connectivity index (χ2n) is 12.9. The van der Waals surface area contributed by atoms with E-state index in [2.05, 4.69) is 155 Å². The Bertz CT molecular complexity index is 2340. The van der Waals surface area contributed by atoms with Crippen LogP contribution in [0.4, 0.5) is 0 Å². The Hall–Kier alpha value is -4.60. The average molecular weight is 598 g/mol. The zero-order valence-corrected chi connectivity index (χ0v) is 27.6. The number of para-hydroxylation sites is 1. The predicted molar refractivity (Wildman–Crippen MR) is 200 cm³/mol. The summed E-state index contributed by atoms with van der Waals surface area (Å²) in [6.07, 6.45) is 0. The van der Waals surface area contributed by atoms with Gasteiger partial charge in [-0.05, 0) is 71.9 Å². The summed E-state index contributed by atoms with van der Waals surface area (Å²) >= 11 is 1.91. The predicted octanol–water partition coefficient (Wildman–Crippen LogP) is 9.52. The number of hydrogen-bond acceptors (Lipinski definition) is 1. The Morgan fingerprint density at radius 3 is 1.69 bits per heavy atom. The fourth-order valence-corrected chi connectivity index (χ4v) is 9.36. The Morgan fingerprint density at radius 1 is 0.511 bits per heavy atom. The zero-order valence-electron chi connectivity index (χ0n) is 26.8. The Kier molecular flexibility index (Phi) is 6.51. The van der Waals surface area contributed by atoms with Gasteiger partial charge < -0.3 is 4.57 Å². The van der Waals surface area contributed by atoms with Crippen LogP contribution in [0, 0.1) is 41.5 Å². The quantitative estimate of drug-likeness (QED) is 0.178. The molecule has 0 aliphatic rings. The van der Waals surface area contributed by atoms with Crippen LogP contribution in [-0.4, -0.2) is 11.3 Å². The van der Waals surface area contributed by atoms with Crippen LogP contribution in [0.3, 0.4) is 0 Å². The first-order valence-corrected chi connectivity index (χ1v) is 16.7. The first-order chi connectivity index (χ1) is 21.8. The first-order valence-electron chi connectivity index (χ1n) is 15.9. The molecule has 0 spiro atoms. The molecular weight excluding hydrogens is 561 g/mol. The van der Waals surface area contributed by atoms with Gasteiger partial charge in [-0.15, -0.1) is 11.3 Å². The van der Waals surface area contributed by atoms with Crippen molar-refractivity contribution in [2.45, 2.75) is 41.5 Å². The van der Waals surface area contributed by atoms with Crippen LogP contribution in [0.25, 0.3) is 47.7 Å². The van der Waals surface area contributed by atoms with Crippen molar-refractivity contribution in [2.24, 2.45) is 0 Å². The molecule has 0 unspecified atom stereocenters. The molecule has 0 aliphatic carbocycles. The van der Waals surface area contributed by atoms with Crippen LogP contribution < -0.4 is 16.4 Å². The van der Waals surface area contributed by atoms with E-state index < -0.39 is 0 Å². The van der Waals surface area contributed by atoms with Gasteiger partial charge in [-0.25, -0.2) is 0 Å². The minimum absolute atomic E-state index is 0.163. The van der Waals surface area contributed by atoms with Crippen LogP contribution in [-0.2, 0) is 0 Å². The van der Waals surface area contributed by atoms with Crippen LogP contribution >= 0.6 is 11.3 Å². The van der Waals surface area contributed by atoms with Crippen molar-refractivity contribution in [2.75, 3.05) is 0 Å². The summed E-state index contributed by atoms with van der Waals surface area (Å²) in [6.45, 7) is 13.7. The van der Waals surface area contributed by atoms with E-state index >= 15 is 0 Å². The molecule has 0 saturated heterocycles. The summed E-state index contributed by atoms with van der Waals surface area (Å²) in [5.41, 5.74) is 15.9. The lowest BCUT2D eigenvalue weighted by molar-refractivity contribution is 1.18. The third-order valence-electron chi connectivity index (χ3n) is 9.72. The van der Waals surface area contributed by atoms with Gasteiger partial charge >= 0.3 is 0 Å². The van der Waals surface area contributed by atoms with Gasteiger partial charge in [0, 0.05) is 36.6 Å². The van der Waals surface area contributed by atoms with Crippen molar-refractivity contribution in [1.82, 2.24) is 4.57 Å². The van der Waals surface area contributed by atoms with E-state index in [-0.39, 0.29) is 6.71 Å². The molecule has 0 fully saturated rings. The van der Waals surface area contributed by atoms with Crippen molar-refractivity contribution in [3.8, 4) is 5.69 Å². The van der Waals surface area contributed by atoms with E-state index in [4.69, 9.17) is 0 Å². The number of aromatic nitrogens is 1. The van der Waals surface area contributed by atoms with Gasteiger partial charge in [0.2, 0.25) is 6.71 Å². The molecule has 0 bridgehead atoms. The average Bonchev–Trinajstić information content (AvgIpc) is 3.55. The number of rotatable bonds is 4. The lowest BCUT2D eigenvalue weighted by Crippen LogP contribution is -2.55.